The molecule has 1 atom stereocenters. The standard InChI is InChI=1S/C11H14F3NO3S2/c12-11(13,14)9-2-1-3-15(5-9)20(17,18)10-4-8(6-16)7-19-10/h4,7,9,16H,1-3,5-6H2. The van der Waals surface area contributed by atoms with Gasteiger partial charge in [0.15, 0.2) is 0 Å². The van der Waals surface area contributed by atoms with E-state index in [2.05, 4.69) is 0 Å². The Kier molecular flexibility index (Phi) is 4.43. The number of hydrogen-bond donors (Lipinski definition) is 1. The molecule has 0 spiro atoms. The fraction of sp³-hybridized carbons (Fsp3) is 0.636. The van der Waals surface area contributed by atoms with E-state index in [-0.39, 0.29) is 30.2 Å². The van der Waals surface area contributed by atoms with Crippen LogP contribution in [0.2, 0.25) is 0 Å². The van der Waals surface area contributed by atoms with Crippen molar-refractivity contribution < 1.29 is 26.7 Å². The zero-order chi connectivity index (χ0) is 15.0. The fourth-order valence-electron chi connectivity index (χ4n) is 2.13. The normalized spacial score (nSPS) is 22.1. The smallest absolute Gasteiger partial charge is 0.392 e. The second-order valence-corrected chi connectivity index (χ2v) is 7.75. The molecule has 1 aromatic rings. The molecule has 1 aliphatic heterocycles. The van der Waals surface area contributed by atoms with Gasteiger partial charge in [-0.2, -0.15) is 17.5 Å². The summed E-state index contributed by atoms with van der Waals surface area (Å²) in [7, 11) is -3.90. The van der Waals surface area contributed by atoms with Crippen molar-refractivity contribution in [3.8, 4) is 0 Å². The van der Waals surface area contributed by atoms with E-state index in [1.165, 1.54) is 11.4 Å². The number of hydrogen-bond acceptors (Lipinski definition) is 4. The number of aliphatic hydroxyl groups is 1. The van der Waals surface area contributed by atoms with Gasteiger partial charge in [0.25, 0.3) is 10.0 Å². The van der Waals surface area contributed by atoms with Crippen molar-refractivity contribution in [2.75, 3.05) is 13.1 Å². The van der Waals surface area contributed by atoms with E-state index in [0.717, 1.165) is 15.6 Å². The summed E-state index contributed by atoms with van der Waals surface area (Å²) in [4.78, 5) is 0. The van der Waals surface area contributed by atoms with Crippen LogP contribution in [0.3, 0.4) is 0 Å². The van der Waals surface area contributed by atoms with E-state index in [1.54, 1.807) is 0 Å². The Balaban J connectivity index is 2.21. The highest BCUT2D eigenvalue weighted by atomic mass is 32.2. The van der Waals surface area contributed by atoms with Gasteiger partial charge in [-0.1, -0.05) is 0 Å². The lowest BCUT2D eigenvalue weighted by molar-refractivity contribution is -0.182. The maximum Gasteiger partial charge on any atom is 0.393 e. The Morgan fingerprint density at radius 3 is 2.70 bits per heavy atom. The van der Waals surface area contributed by atoms with E-state index in [0.29, 0.717) is 5.56 Å². The second-order valence-electron chi connectivity index (χ2n) is 4.68. The molecule has 0 radical (unpaired) electrons. The van der Waals surface area contributed by atoms with Gasteiger partial charge < -0.3 is 5.11 Å². The first-order valence-electron chi connectivity index (χ1n) is 6.00. The SMILES string of the molecule is O=S(=O)(c1cc(CO)cs1)N1CCCC(C(F)(F)F)C1. The molecule has 20 heavy (non-hydrogen) atoms. The third-order valence-corrected chi connectivity index (χ3v) is 6.58. The average molecular weight is 329 g/mol. The van der Waals surface area contributed by atoms with Crippen LogP contribution in [-0.4, -0.2) is 37.1 Å². The van der Waals surface area contributed by atoms with Gasteiger partial charge in [-0.3, -0.25) is 0 Å². The average Bonchev–Trinajstić information content (AvgIpc) is 2.87. The molecule has 9 heteroatoms. The number of alkyl halides is 3. The number of nitrogens with zero attached hydrogens (tertiary/aromatic N) is 1. The molecule has 0 aromatic carbocycles. The molecule has 0 amide bonds. The molecule has 114 valence electrons. The predicted octanol–water partition coefficient (Wildman–Crippen LogP) is 2.20. The molecule has 4 nitrogen and oxygen atoms in total. The summed E-state index contributed by atoms with van der Waals surface area (Å²) in [5, 5.41) is 10.4. The number of aliphatic hydroxyl groups excluding tert-OH is 1. The van der Waals surface area contributed by atoms with Gasteiger partial charge in [0, 0.05) is 13.1 Å². The van der Waals surface area contributed by atoms with Gasteiger partial charge in [0.2, 0.25) is 0 Å². The maximum atomic E-state index is 12.7. The summed E-state index contributed by atoms with van der Waals surface area (Å²) in [6.45, 7) is -0.726. The molecular formula is C11H14F3NO3S2. The monoisotopic (exact) mass is 329 g/mol. The van der Waals surface area contributed by atoms with Crippen LogP contribution >= 0.6 is 11.3 Å². The molecule has 0 bridgehead atoms. The summed E-state index contributed by atoms with van der Waals surface area (Å²) in [5.41, 5.74) is 0.443. The zero-order valence-corrected chi connectivity index (χ0v) is 12.1. The molecular weight excluding hydrogens is 315 g/mol. The molecule has 1 unspecified atom stereocenters. The van der Waals surface area contributed by atoms with E-state index in [1.807, 2.05) is 0 Å². The van der Waals surface area contributed by atoms with Gasteiger partial charge >= 0.3 is 6.18 Å². The Morgan fingerprint density at radius 2 is 2.15 bits per heavy atom. The first-order chi connectivity index (χ1) is 9.25. The Labute approximate surface area is 118 Å². The second kappa shape index (κ2) is 5.63. The molecule has 0 aliphatic carbocycles. The van der Waals surface area contributed by atoms with E-state index in [4.69, 9.17) is 5.11 Å². The molecule has 1 N–H and O–H groups in total. The third-order valence-electron chi connectivity index (χ3n) is 3.25. The molecule has 2 rings (SSSR count). The van der Waals surface area contributed by atoms with Crippen LogP contribution in [-0.2, 0) is 16.6 Å². The number of thiophene rings is 1. The topological polar surface area (TPSA) is 57.6 Å². The molecule has 0 saturated carbocycles. The molecule has 1 aliphatic rings. The van der Waals surface area contributed by atoms with Crippen LogP contribution in [0.15, 0.2) is 15.7 Å². The van der Waals surface area contributed by atoms with Crippen molar-refractivity contribution in [1.82, 2.24) is 4.31 Å². The van der Waals surface area contributed by atoms with E-state index in [9.17, 15) is 21.6 Å². The molecule has 2 heterocycles. The Hall–Kier alpha value is -0.640. The largest absolute Gasteiger partial charge is 0.393 e. The van der Waals surface area contributed by atoms with Gasteiger partial charge in [-0.25, -0.2) is 8.42 Å². The van der Waals surface area contributed by atoms with Crippen molar-refractivity contribution in [1.29, 1.82) is 0 Å². The summed E-state index contributed by atoms with van der Waals surface area (Å²) >= 11 is 0.913. The highest BCUT2D eigenvalue weighted by Crippen LogP contribution is 2.35. The van der Waals surface area contributed by atoms with Gasteiger partial charge in [-0.05, 0) is 29.9 Å². The van der Waals surface area contributed by atoms with E-state index >= 15 is 0 Å². The van der Waals surface area contributed by atoms with Gasteiger partial charge in [-0.15, -0.1) is 11.3 Å². The van der Waals surface area contributed by atoms with Crippen molar-refractivity contribution in [3.05, 3.63) is 17.0 Å². The highest BCUT2D eigenvalue weighted by Gasteiger charge is 2.44. The lowest BCUT2D eigenvalue weighted by Crippen LogP contribution is -2.44. The lowest BCUT2D eigenvalue weighted by atomic mass is 9.99. The summed E-state index contributed by atoms with van der Waals surface area (Å²) < 4.78 is 63.6. The van der Waals surface area contributed by atoms with Crippen LogP contribution in [0, 0.1) is 5.92 Å². The Bertz CT molecular complexity index is 568. The number of halogens is 3. The van der Waals surface area contributed by atoms with E-state index < -0.39 is 28.7 Å². The van der Waals surface area contributed by atoms with Crippen molar-refractivity contribution >= 4 is 21.4 Å². The van der Waals surface area contributed by atoms with Crippen molar-refractivity contribution in [2.24, 2.45) is 5.92 Å². The first-order valence-corrected chi connectivity index (χ1v) is 8.32. The zero-order valence-electron chi connectivity index (χ0n) is 10.4. The molecule has 1 saturated heterocycles. The molecule has 1 fully saturated rings. The van der Waals surface area contributed by atoms with Crippen LogP contribution < -0.4 is 0 Å². The van der Waals surface area contributed by atoms with Crippen LogP contribution in [0.1, 0.15) is 18.4 Å². The molecule has 1 aromatic heterocycles. The maximum absolute atomic E-state index is 12.7. The van der Waals surface area contributed by atoms with Crippen LogP contribution in [0.25, 0.3) is 0 Å². The summed E-state index contributed by atoms with van der Waals surface area (Å²) in [6.07, 6.45) is -4.22. The van der Waals surface area contributed by atoms with Crippen LogP contribution in [0.4, 0.5) is 13.2 Å². The number of sulfonamides is 1. The number of piperidine rings is 1. The predicted molar refractivity (Wildman–Crippen MR) is 67.8 cm³/mol. The van der Waals surface area contributed by atoms with Gasteiger partial charge in [0.05, 0.1) is 12.5 Å². The summed E-state index contributed by atoms with van der Waals surface area (Å²) in [5.74, 6) is -1.61. The third kappa shape index (κ3) is 3.16. The first kappa shape index (κ1) is 15.7. The van der Waals surface area contributed by atoms with Crippen molar-refractivity contribution in [3.63, 3.8) is 0 Å². The minimum absolute atomic E-state index is 0.0237. The summed E-state index contributed by atoms with van der Waals surface area (Å²) in [6, 6.07) is 1.30. The Morgan fingerprint density at radius 1 is 1.45 bits per heavy atom. The van der Waals surface area contributed by atoms with Gasteiger partial charge in [0.1, 0.15) is 4.21 Å². The minimum Gasteiger partial charge on any atom is -0.392 e. The highest BCUT2D eigenvalue weighted by molar-refractivity contribution is 7.91. The lowest BCUT2D eigenvalue weighted by Gasteiger charge is -2.32. The quantitative estimate of drug-likeness (QED) is 0.925. The van der Waals surface area contributed by atoms with Crippen LogP contribution in [0.5, 0.6) is 0 Å². The van der Waals surface area contributed by atoms with Crippen molar-refractivity contribution in [2.45, 2.75) is 29.8 Å². The fourth-order valence-corrected chi connectivity index (χ4v) is 5.00. The minimum atomic E-state index is -4.38. The number of rotatable bonds is 3.